The fraction of sp³-hybridized carbons (Fsp3) is 0.435. The zero-order valence-electron chi connectivity index (χ0n) is 17.0. The standard InChI is InChI=1S/C23H29N3O2.ClH/c1-28-21-8-5-18(6-9-21)7-10-22(27)26-15-13-25(14-16-26)17-20-4-2-3-19-11-12-24-23(19)20;/h2-6,8-9,24H,7,10-17H2,1H3;1H. The zero-order chi connectivity index (χ0) is 19.3. The van der Waals surface area contributed by atoms with Crippen LogP contribution in [0.2, 0.25) is 0 Å². The minimum absolute atomic E-state index is 0. The van der Waals surface area contributed by atoms with Crippen LogP contribution in [0.4, 0.5) is 5.69 Å². The van der Waals surface area contributed by atoms with E-state index in [1.54, 1.807) is 7.11 Å². The maximum atomic E-state index is 12.6. The molecular weight excluding hydrogens is 386 g/mol. The van der Waals surface area contributed by atoms with Crippen molar-refractivity contribution in [1.29, 1.82) is 0 Å². The minimum atomic E-state index is 0. The largest absolute Gasteiger partial charge is 0.497 e. The number of rotatable bonds is 6. The Morgan fingerprint density at radius 3 is 2.55 bits per heavy atom. The van der Waals surface area contributed by atoms with E-state index in [-0.39, 0.29) is 18.3 Å². The Balaban J connectivity index is 0.00000240. The Bertz CT molecular complexity index is 817. The minimum Gasteiger partial charge on any atom is -0.497 e. The number of carbonyl (C=O) groups is 1. The highest BCUT2D eigenvalue weighted by Gasteiger charge is 2.22. The van der Waals surface area contributed by atoms with E-state index in [2.05, 4.69) is 28.4 Å². The third-order valence-electron chi connectivity index (χ3n) is 5.84. The molecule has 0 radical (unpaired) electrons. The molecule has 1 fully saturated rings. The van der Waals surface area contributed by atoms with Crippen LogP contribution in [0.1, 0.15) is 23.1 Å². The van der Waals surface area contributed by atoms with Crippen LogP contribution >= 0.6 is 12.4 Å². The van der Waals surface area contributed by atoms with Gasteiger partial charge in [0.1, 0.15) is 5.75 Å². The van der Waals surface area contributed by atoms with Crippen LogP contribution < -0.4 is 10.1 Å². The summed E-state index contributed by atoms with van der Waals surface area (Å²) in [5, 5.41) is 3.53. The molecule has 2 heterocycles. The van der Waals surface area contributed by atoms with Crippen LogP contribution in [0.3, 0.4) is 0 Å². The quantitative estimate of drug-likeness (QED) is 0.785. The summed E-state index contributed by atoms with van der Waals surface area (Å²) >= 11 is 0. The number of halogens is 1. The second-order valence-electron chi connectivity index (χ2n) is 7.63. The molecule has 1 N–H and O–H groups in total. The lowest BCUT2D eigenvalue weighted by Gasteiger charge is -2.35. The SMILES string of the molecule is COc1ccc(CCC(=O)N2CCN(Cc3cccc4c3NCC4)CC2)cc1.Cl. The first-order chi connectivity index (χ1) is 13.7. The van der Waals surface area contributed by atoms with Gasteiger partial charge in [0.15, 0.2) is 0 Å². The number of hydrogen-bond donors (Lipinski definition) is 1. The molecule has 4 rings (SSSR count). The highest BCUT2D eigenvalue weighted by atomic mass is 35.5. The maximum absolute atomic E-state index is 12.6. The average molecular weight is 416 g/mol. The van der Waals surface area contributed by atoms with Crippen LogP contribution in [0.25, 0.3) is 0 Å². The summed E-state index contributed by atoms with van der Waals surface area (Å²) in [5.41, 5.74) is 5.33. The van der Waals surface area contributed by atoms with Crippen molar-refractivity contribution in [3.8, 4) is 5.75 Å². The van der Waals surface area contributed by atoms with Crippen molar-refractivity contribution >= 4 is 24.0 Å². The number of anilines is 1. The Morgan fingerprint density at radius 2 is 1.83 bits per heavy atom. The van der Waals surface area contributed by atoms with E-state index in [0.717, 1.165) is 57.9 Å². The molecule has 1 amide bonds. The Labute approximate surface area is 179 Å². The Hall–Kier alpha value is -2.24. The third-order valence-corrected chi connectivity index (χ3v) is 5.84. The van der Waals surface area contributed by atoms with Gasteiger partial charge >= 0.3 is 0 Å². The van der Waals surface area contributed by atoms with Gasteiger partial charge in [-0.1, -0.05) is 30.3 Å². The molecule has 156 valence electrons. The predicted molar refractivity (Wildman–Crippen MR) is 119 cm³/mol. The number of methoxy groups -OCH3 is 1. The van der Waals surface area contributed by atoms with E-state index in [1.165, 1.54) is 22.4 Å². The summed E-state index contributed by atoms with van der Waals surface area (Å²) in [6.45, 7) is 5.54. The molecule has 2 aliphatic rings. The second kappa shape index (κ2) is 9.99. The van der Waals surface area contributed by atoms with Crippen LogP contribution in [0, 0.1) is 0 Å². The molecule has 29 heavy (non-hydrogen) atoms. The van der Waals surface area contributed by atoms with Crippen molar-refractivity contribution in [2.24, 2.45) is 0 Å². The summed E-state index contributed by atoms with van der Waals surface area (Å²) in [6.07, 6.45) is 2.48. The monoisotopic (exact) mass is 415 g/mol. The number of aryl methyl sites for hydroxylation is 1. The second-order valence-corrected chi connectivity index (χ2v) is 7.63. The zero-order valence-corrected chi connectivity index (χ0v) is 17.8. The fourth-order valence-electron chi connectivity index (χ4n) is 4.14. The van der Waals surface area contributed by atoms with Gasteiger partial charge in [-0.25, -0.2) is 0 Å². The lowest BCUT2D eigenvalue weighted by molar-refractivity contribution is -0.133. The summed E-state index contributed by atoms with van der Waals surface area (Å²) in [6, 6.07) is 14.6. The van der Waals surface area contributed by atoms with Crippen molar-refractivity contribution in [3.63, 3.8) is 0 Å². The number of fused-ring (bicyclic) bond motifs is 1. The third kappa shape index (κ3) is 5.22. The molecule has 2 aromatic carbocycles. The number of nitrogens with zero attached hydrogens (tertiary/aromatic N) is 2. The number of carbonyl (C=O) groups excluding carboxylic acids is 1. The number of para-hydroxylation sites is 1. The van der Waals surface area contributed by atoms with Gasteiger partial charge in [0, 0.05) is 51.4 Å². The van der Waals surface area contributed by atoms with Gasteiger partial charge in [0.2, 0.25) is 5.91 Å². The Morgan fingerprint density at radius 1 is 1.07 bits per heavy atom. The van der Waals surface area contributed by atoms with Crippen LogP contribution in [-0.4, -0.2) is 55.5 Å². The normalized spacial score (nSPS) is 16.0. The molecule has 2 aromatic rings. The van der Waals surface area contributed by atoms with Crippen molar-refractivity contribution in [2.75, 3.05) is 45.2 Å². The van der Waals surface area contributed by atoms with Gasteiger partial charge in [-0.15, -0.1) is 12.4 Å². The van der Waals surface area contributed by atoms with Crippen molar-refractivity contribution < 1.29 is 9.53 Å². The molecule has 0 aliphatic carbocycles. The molecule has 1 saturated heterocycles. The maximum Gasteiger partial charge on any atom is 0.222 e. The lowest BCUT2D eigenvalue weighted by Crippen LogP contribution is -2.48. The van der Waals surface area contributed by atoms with E-state index in [9.17, 15) is 4.79 Å². The van der Waals surface area contributed by atoms with Crippen LogP contribution in [0.5, 0.6) is 5.75 Å². The van der Waals surface area contributed by atoms with E-state index >= 15 is 0 Å². The summed E-state index contributed by atoms with van der Waals surface area (Å²) in [7, 11) is 1.67. The van der Waals surface area contributed by atoms with Gasteiger partial charge in [0.25, 0.3) is 0 Å². The summed E-state index contributed by atoms with van der Waals surface area (Å²) in [5.74, 6) is 1.11. The van der Waals surface area contributed by atoms with E-state index in [0.29, 0.717) is 6.42 Å². The summed E-state index contributed by atoms with van der Waals surface area (Å²) in [4.78, 5) is 17.1. The topological polar surface area (TPSA) is 44.8 Å². The number of ether oxygens (including phenoxy) is 1. The fourth-order valence-corrected chi connectivity index (χ4v) is 4.14. The predicted octanol–water partition coefficient (Wildman–Crippen LogP) is 3.36. The number of benzene rings is 2. The number of nitrogens with one attached hydrogen (secondary N) is 1. The number of amides is 1. The Kier molecular flexibility index (Phi) is 7.40. The number of hydrogen-bond acceptors (Lipinski definition) is 4. The molecule has 5 nitrogen and oxygen atoms in total. The van der Waals surface area contributed by atoms with Gasteiger partial charge in [-0.05, 0) is 41.7 Å². The molecule has 0 bridgehead atoms. The van der Waals surface area contributed by atoms with E-state index in [4.69, 9.17) is 4.74 Å². The first kappa shape index (κ1) is 21.5. The highest BCUT2D eigenvalue weighted by molar-refractivity contribution is 5.85. The molecule has 0 saturated carbocycles. The number of piperazine rings is 1. The first-order valence-electron chi connectivity index (χ1n) is 10.2. The highest BCUT2D eigenvalue weighted by Crippen LogP contribution is 2.27. The molecule has 0 aromatic heterocycles. The van der Waals surface area contributed by atoms with Gasteiger partial charge in [0.05, 0.1) is 7.11 Å². The molecule has 0 spiro atoms. The smallest absolute Gasteiger partial charge is 0.222 e. The van der Waals surface area contributed by atoms with Crippen LogP contribution in [0.15, 0.2) is 42.5 Å². The van der Waals surface area contributed by atoms with E-state index < -0.39 is 0 Å². The van der Waals surface area contributed by atoms with Gasteiger partial charge in [-0.2, -0.15) is 0 Å². The molecule has 0 atom stereocenters. The van der Waals surface area contributed by atoms with Crippen molar-refractivity contribution in [2.45, 2.75) is 25.8 Å². The van der Waals surface area contributed by atoms with Crippen molar-refractivity contribution in [3.05, 3.63) is 59.2 Å². The lowest BCUT2D eigenvalue weighted by atomic mass is 10.1. The first-order valence-corrected chi connectivity index (χ1v) is 10.2. The molecular formula is C23H30ClN3O2. The van der Waals surface area contributed by atoms with E-state index in [1.807, 2.05) is 29.2 Å². The van der Waals surface area contributed by atoms with Gasteiger partial charge in [-0.3, -0.25) is 9.69 Å². The van der Waals surface area contributed by atoms with Gasteiger partial charge < -0.3 is 15.0 Å². The molecule has 2 aliphatic heterocycles. The average Bonchev–Trinajstić information content (AvgIpc) is 3.23. The summed E-state index contributed by atoms with van der Waals surface area (Å²) < 4.78 is 5.18. The van der Waals surface area contributed by atoms with Crippen LogP contribution in [-0.2, 0) is 24.2 Å². The van der Waals surface area contributed by atoms with Crippen molar-refractivity contribution in [1.82, 2.24) is 9.80 Å². The molecule has 6 heteroatoms. The molecule has 0 unspecified atom stereocenters.